The predicted molar refractivity (Wildman–Crippen MR) is 189 cm³/mol. The second-order valence-electron chi connectivity index (χ2n) is 14.1. The standard InChI is InChI=1S/C37H48ClN3O6S/c1-5-7-25-18-29(38)11-12-30(25)28-21-41-20-27-9-13-31(27)37(44,34-36(43)40(4)16-17-46-34)15-6-8-23(2)24(3)48(45)39-35(42)26-10-14-33(47-22-28)32(41)19-26/h6,10-12,14-15,18-19,23-24,27-28,31,34,44H,5,7-9,13,16-17,20-22H2,1-4H3,(H,39,42)/b15-6+. The molecule has 8 atom stereocenters. The number of allylic oxidation sites excluding steroid dienone is 1. The Hall–Kier alpha value is -2.92. The van der Waals surface area contributed by atoms with Gasteiger partial charge in [0.25, 0.3) is 11.8 Å². The minimum Gasteiger partial charge on any atom is -0.491 e. The third kappa shape index (κ3) is 6.91. The molecule has 3 aliphatic heterocycles. The van der Waals surface area contributed by atoms with Crippen LogP contribution in [-0.4, -0.2) is 82.9 Å². The number of rotatable bonds is 4. The number of benzene rings is 2. The Morgan fingerprint density at radius 1 is 1.12 bits per heavy atom. The molecule has 1 aliphatic carbocycles. The van der Waals surface area contributed by atoms with Crippen LogP contribution >= 0.6 is 11.6 Å². The van der Waals surface area contributed by atoms with Crippen molar-refractivity contribution in [3.05, 3.63) is 70.3 Å². The third-order valence-electron chi connectivity index (χ3n) is 10.9. The molecule has 2 bridgehead atoms. The summed E-state index contributed by atoms with van der Waals surface area (Å²) in [5, 5.41) is 12.9. The highest BCUT2D eigenvalue weighted by atomic mass is 35.5. The number of anilines is 1. The fourth-order valence-corrected chi connectivity index (χ4v) is 8.89. The molecular formula is C37H48ClN3O6S. The van der Waals surface area contributed by atoms with Crippen molar-refractivity contribution in [2.24, 2.45) is 17.8 Å². The maximum Gasteiger partial charge on any atom is 0.263 e. The second kappa shape index (κ2) is 14.5. The van der Waals surface area contributed by atoms with Crippen LogP contribution in [-0.2, 0) is 26.9 Å². The molecule has 4 aliphatic rings. The van der Waals surface area contributed by atoms with Gasteiger partial charge in [-0.3, -0.25) is 14.3 Å². The number of hydrogen-bond donors (Lipinski definition) is 2. The molecule has 1 saturated carbocycles. The van der Waals surface area contributed by atoms with Crippen LogP contribution in [0.5, 0.6) is 5.75 Å². The van der Waals surface area contributed by atoms with Crippen molar-refractivity contribution in [2.75, 3.05) is 44.8 Å². The summed E-state index contributed by atoms with van der Waals surface area (Å²) in [5.74, 6) is -0.179. The highest BCUT2D eigenvalue weighted by molar-refractivity contribution is 7.84. The van der Waals surface area contributed by atoms with Gasteiger partial charge in [0, 0.05) is 43.2 Å². The number of likely N-dealkylation sites (N-methyl/N-ethyl adjacent to an activating group) is 1. The Morgan fingerprint density at radius 2 is 1.94 bits per heavy atom. The lowest BCUT2D eigenvalue weighted by atomic mass is 9.62. The zero-order chi connectivity index (χ0) is 34.2. The number of carbonyl (C=O) groups is 2. The summed E-state index contributed by atoms with van der Waals surface area (Å²) in [5.41, 5.74) is 2.06. The normalized spacial score (nSPS) is 33.5. The van der Waals surface area contributed by atoms with Crippen molar-refractivity contribution in [1.29, 1.82) is 0 Å². The van der Waals surface area contributed by atoms with E-state index in [-0.39, 0.29) is 34.8 Å². The highest BCUT2D eigenvalue weighted by Crippen LogP contribution is 2.48. The van der Waals surface area contributed by atoms with Crippen LogP contribution in [0.4, 0.5) is 5.69 Å². The minimum absolute atomic E-state index is 0.0168. The van der Waals surface area contributed by atoms with Gasteiger partial charge in [0.15, 0.2) is 6.10 Å². The number of carbonyl (C=O) groups excluding carboxylic acids is 2. The van der Waals surface area contributed by atoms with E-state index in [1.54, 1.807) is 24.1 Å². The number of amides is 2. The number of nitrogens with zero attached hydrogens (tertiary/aromatic N) is 2. The van der Waals surface area contributed by atoms with E-state index in [0.717, 1.165) is 31.4 Å². The Kier molecular flexibility index (Phi) is 10.6. The van der Waals surface area contributed by atoms with Crippen molar-refractivity contribution >= 4 is 40.1 Å². The summed E-state index contributed by atoms with van der Waals surface area (Å²) in [7, 11) is 0.109. The van der Waals surface area contributed by atoms with Gasteiger partial charge in [-0.25, -0.2) is 4.21 Å². The van der Waals surface area contributed by atoms with Crippen molar-refractivity contribution in [3.63, 3.8) is 0 Å². The lowest BCUT2D eigenvalue weighted by Crippen LogP contribution is -2.63. The molecule has 2 amide bonds. The number of halogens is 1. The van der Waals surface area contributed by atoms with E-state index in [1.807, 2.05) is 44.2 Å². The van der Waals surface area contributed by atoms with E-state index in [1.165, 1.54) is 11.1 Å². The molecule has 2 fully saturated rings. The SMILES string of the molecule is CCCc1cc(Cl)ccc1C1COc2ccc3cc2N(C1)CC1CCC1C(O)(C1OCCN(C)C1=O)/C=C/CC(C)C(C)S(=O)NC3=O. The third-order valence-corrected chi connectivity index (χ3v) is 12.7. The van der Waals surface area contributed by atoms with E-state index in [4.69, 9.17) is 21.1 Å². The number of aryl methyl sites for hydroxylation is 1. The van der Waals surface area contributed by atoms with Crippen molar-refractivity contribution in [2.45, 2.75) is 75.7 Å². The number of aliphatic hydroxyl groups is 1. The largest absolute Gasteiger partial charge is 0.491 e. The summed E-state index contributed by atoms with van der Waals surface area (Å²) in [6.45, 7) is 8.48. The van der Waals surface area contributed by atoms with Crippen LogP contribution < -0.4 is 14.4 Å². The summed E-state index contributed by atoms with van der Waals surface area (Å²) < 4.78 is 28.6. The molecule has 0 spiro atoms. The number of morpholine rings is 1. The molecule has 48 heavy (non-hydrogen) atoms. The van der Waals surface area contributed by atoms with Crippen molar-refractivity contribution in [3.8, 4) is 5.75 Å². The molecule has 0 radical (unpaired) electrons. The van der Waals surface area contributed by atoms with E-state index < -0.39 is 28.6 Å². The Bertz CT molecular complexity index is 1590. The second-order valence-corrected chi connectivity index (χ2v) is 16.1. The van der Waals surface area contributed by atoms with Gasteiger partial charge in [-0.2, -0.15) is 0 Å². The molecule has 260 valence electrons. The van der Waals surface area contributed by atoms with Gasteiger partial charge in [0.05, 0.1) is 24.2 Å². The monoisotopic (exact) mass is 697 g/mol. The molecule has 11 heteroatoms. The molecule has 8 unspecified atom stereocenters. The van der Waals surface area contributed by atoms with Crippen LogP contribution in [0.2, 0.25) is 5.02 Å². The van der Waals surface area contributed by atoms with Gasteiger partial charge < -0.3 is 24.4 Å². The summed E-state index contributed by atoms with van der Waals surface area (Å²) in [6, 6.07) is 11.5. The Morgan fingerprint density at radius 3 is 2.69 bits per heavy atom. The fourth-order valence-electron chi connectivity index (χ4n) is 7.68. The fraction of sp³-hybridized carbons (Fsp3) is 0.568. The topological polar surface area (TPSA) is 108 Å². The van der Waals surface area contributed by atoms with E-state index >= 15 is 0 Å². The first-order valence-electron chi connectivity index (χ1n) is 17.3. The highest BCUT2D eigenvalue weighted by Gasteiger charge is 2.54. The smallest absolute Gasteiger partial charge is 0.263 e. The number of hydrogen-bond acceptors (Lipinski definition) is 7. The van der Waals surface area contributed by atoms with Crippen LogP contribution in [0, 0.1) is 17.8 Å². The van der Waals surface area contributed by atoms with Gasteiger partial charge in [0.2, 0.25) is 0 Å². The van der Waals surface area contributed by atoms with Crippen LogP contribution in [0.15, 0.2) is 48.6 Å². The molecule has 9 nitrogen and oxygen atoms in total. The minimum atomic E-state index is -1.64. The molecular weight excluding hydrogens is 650 g/mol. The van der Waals surface area contributed by atoms with E-state index in [9.17, 15) is 18.9 Å². The Labute approximate surface area is 291 Å². The number of nitrogens with one attached hydrogen (secondary N) is 1. The summed E-state index contributed by atoms with van der Waals surface area (Å²) >= 11 is 6.44. The molecule has 2 aromatic rings. The first-order chi connectivity index (χ1) is 23.0. The molecule has 1 saturated heterocycles. The number of fused-ring (bicyclic) bond motifs is 2. The molecule has 2 N–H and O–H groups in total. The van der Waals surface area contributed by atoms with Crippen molar-refractivity contribution < 1.29 is 28.4 Å². The molecule has 2 aromatic carbocycles. The zero-order valence-electron chi connectivity index (χ0n) is 28.3. The lowest BCUT2D eigenvalue weighted by Gasteiger charge is -2.51. The first kappa shape index (κ1) is 34.9. The first-order valence-corrected chi connectivity index (χ1v) is 18.9. The quantitative estimate of drug-likeness (QED) is 0.420. The summed E-state index contributed by atoms with van der Waals surface area (Å²) in [6.07, 6.45) is 6.69. The van der Waals surface area contributed by atoms with Gasteiger partial charge in [0.1, 0.15) is 22.3 Å². The van der Waals surface area contributed by atoms with Gasteiger partial charge in [-0.05, 0) is 91.8 Å². The van der Waals surface area contributed by atoms with Gasteiger partial charge in [-0.1, -0.05) is 50.1 Å². The molecule has 6 rings (SSSR count). The molecule has 3 heterocycles. The van der Waals surface area contributed by atoms with Gasteiger partial charge in [-0.15, -0.1) is 0 Å². The van der Waals surface area contributed by atoms with Crippen molar-refractivity contribution in [1.82, 2.24) is 9.62 Å². The predicted octanol–water partition coefficient (Wildman–Crippen LogP) is 5.27. The molecule has 0 aromatic heterocycles. The van der Waals surface area contributed by atoms with Crippen LogP contribution in [0.3, 0.4) is 0 Å². The average Bonchev–Trinajstić information content (AvgIpc) is 3.22. The maximum atomic E-state index is 13.5. The van der Waals surface area contributed by atoms with Crippen LogP contribution in [0.1, 0.15) is 73.9 Å². The lowest BCUT2D eigenvalue weighted by molar-refractivity contribution is -0.185. The van der Waals surface area contributed by atoms with Gasteiger partial charge >= 0.3 is 0 Å². The zero-order valence-corrected chi connectivity index (χ0v) is 29.9. The van der Waals surface area contributed by atoms with Crippen LogP contribution in [0.25, 0.3) is 0 Å². The van der Waals surface area contributed by atoms with E-state index in [2.05, 4.69) is 22.6 Å². The number of ether oxygens (including phenoxy) is 2. The maximum absolute atomic E-state index is 13.5. The van der Waals surface area contributed by atoms with E-state index in [0.29, 0.717) is 55.6 Å². The Balaban J connectivity index is 1.42. The summed E-state index contributed by atoms with van der Waals surface area (Å²) in [4.78, 5) is 30.9. The average molecular weight is 698 g/mol.